The Morgan fingerprint density at radius 1 is 0.829 bits per heavy atom. The Kier molecular flexibility index (Phi) is 7.12. The van der Waals surface area contributed by atoms with Crippen molar-refractivity contribution in [1.29, 1.82) is 0 Å². The fourth-order valence-electron chi connectivity index (χ4n) is 3.89. The van der Waals surface area contributed by atoms with E-state index in [1.807, 2.05) is 66.7 Å². The van der Waals surface area contributed by atoms with E-state index in [-0.39, 0.29) is 17.7 Å². The molecule has 0 radical (unpaired) electrons. The highest BCUT2D eigenvalue weighted by atomic mass is 16.5. The van der Waals surface area contributed by atoms with Crippen LogP contribution in [-0.4, -0.2) is 30.1 Å². The summed E-state index contributed by atoms with van der Waals surface area (Å²) >= 11 is 0. The minimum absolute atomic E-state index is 0.0539. The van der Waals surface area contributed by atoms with Crippen LogP contribution in [0.1, 0.15) is 15.9 Å². The maximum absolute atomic E-state index is 13.1. The first kappa shape index (κ1) is 23.6. The van der Waals surface area contributed by atoms with Crippen LogP contribution in [-0.2, 0) is 16.0 Å². The van der Waals surface area contributed by atoms with E-state index in [0.717, 1.165) is 22.3 Å². The van der Waals surface area contributed by atoms with Crippen molar-refractivity contribution in [3.8, 4) is 28.0 Å². The van der Waals surface area contributed by atoms with Gasteiger partial charge in [0.1, 0.15) is 11.8 Å². The second-order valence-corrected chi connectivity index (χ2v) is 8.17. The number of nitrogens with one attached hydrogen (secondary N) is 1. The number of amides is 1. The molecule has 4 aromatic carbocycles. The average Bonchev–Trinajstić information content (AvgIpc) is 2.89. The number of methoxy groups -OCH3 is 1. The molecule has 4 aromatic rings. The van der Waals surface area contributed by atoms with Gasteiger partial charge in [0, 0.05) is 12.1 Å². The minimum atomic E-state index is -0.925. The van der Waals surface area contributed by atoms with Gasteiger partial charge in [-0.25, -0.2) is 4.79 Å². The number of hydrogen-bond donors (Lipinski definition) is 3. The van der Waals surface area contributed by atoms with Gasteiger partial charge in [0.25, 0.3) is 5.91 Å². The maximum atomic E-state index is 13.1. The van der Waals surface area contributed by atoms with E-state index in [4.69, 9.17) is 10.5 Å². The number of benzene rings is 4. The average molecular weight is 467 g/mol. The predicted molar refractivity (Wildman–Crippen MR) is 137 cm³/mol. The first-order valence-electron chi connectivity index (χ1n) is 11.2. The molecule has 4 rings (SSSR count). The minimum Gasteiger partial charge on any atom is -0.507 e. The normalized spacial score (nSPS) is 11.5. The Morgan fingerprint density at radius 2 is 1.46 bits per heavy atom. The summed E-state index contributed by atoms with van der Waals surface area (Å²) in [6.07, 6.45) is 0.239. The molecule has 0 aliphatic rings. The Morgan fingerprint density at radius 3 is 2.14 bits per heavy atom. The number of rotatable bonds is 7. The third-order valence-electron chi connectivity index (χ3n) is 5.75. The summed E-state index contributed by atoms with van der Waals surface area (Å²) in [5.41, 5.74) is 11.0. The highest BCUT2D eigenvalue weighted by Gasteiger charge is 2.24. The van der Waals surface area contributed by atoms with Crippen LogP contribution in [0.25, 0.3) is 22.3 Å². The highest BCUT2D eigenvalue weighted by molar-refractivity contribution is 6.00. The lowest BCUT2D eigenvalue weighted by Crippen LogP contribution is -2.43. The number of ether oxygens (including phenoxy) is 1. The zero-order valence-electron chi connectivity index (χ0n) is 19.3. The second-order valence-electron chi connectivity index (χ2n) is 8.17. The second kappa shape index (κ2) is 10.6. The van der Waals surface area contributed by atoms with Gasteiger partial charge in [0.05, 0.1) is 12.7 Å². The van der Waals surface area contributed by atoms with Crippen molar-refractivity contribution >= 4 is 17.6 Å². The number of hydrogen-bond acceptors (Lipinski definition) is 5. The molecule has 1 amide bonds. The van der Waals surface area contributed by atoms with E-state index in [1.54, 1.807) is 24.3 Å². The molecule has 0 heterocycles. The van der Waals surface area contributed by atoms with E-state index in [2.05, 4.69) is 5.32 Å². The van der Waals surface area contributed by atoms with Gasteiger partial charge in [0.15, 0.2) is 0 Å². The number of anilines is 1. The lowest BCUT2D eigenvalue weighted by molar-refractivity contribution is -0.142. The van der Waals surface area contributed by atoms with Crippen molar-refractivity contribution in [2.24, 2.45) is 0 Å². The van der Waals surface area contributed by atoms with Crippen LogP contribution in [0.2, 0.25) is 0 Å². The molecule has 0 aliphatic heterocycles. The largest absolute Gasteiger partial charge is 0.507 e. The van der Waals surface area contributed by atoms with Gasteiger partial charge in [-0.15, -0.1) is 0 Å². The summed E-state index contributed by atoms with van der Waals surface area (Å²) in [7, 11) is 1.28. The standard InChI is InChI=1S/C29H26N2O4/c1-35-29(34)26(16-19-10-12-21(13-11-19)20-6-3-2-4-7-20)31-28(33)25-18-23(14-15-27(25)32)22-8-5-9-24(30)17-22/h2-15,17-18,26,32H,16,30H2,1H3,(H,31,33). The number of carbonyl (C=O) groups excluding carboxylic acids is 2. The van der Waals surface area contributed by atoms with Crippen molar-refractivity contribution in [2.45, 2.75) is 12.5 Å². The monoisotopic (exact) mass is 466 g/mol. The molecule has 0 saturated heterocycles. The van der Waals surface area contributed by atoms with Gasteiger partial charge in [-0.1, -0.05) is 72.8 Å². The smallest absolute Gasteiger partial charge is 0.328 e. The Labute approximate surface area is 204 Å². The lowest BCUT2D eigenvalue weighted by Gasteiger charge is -2.18. The van der Waals surface area contributed by atoms with Gasteiger partial charge < -0.3 is 20.9 Å². The fourth-order valence-corrected chi connectivity index (χ4v) is 3.89. The molecule has 35 heavy (non-hydrogen) atoms. The molecule has 1 atom stereocenters. The Hall–Kier alpha value is -4.58. The molecule has 0 bridgehead atoms. The molecule has 6 heteroatoms. The van der Waals surface area contributed by atoms with Crippen LogP contribution < -0.4 is 11.1 Å². The van der Waals surface area contributed by atoms with Crippen LogP contribution in [0.15, 0.2) is 97.1 Å². The van der Waals surface area contributed by atoms with Crippen LogP contribution in [0.3, 0.4) is 0 Å². The first-order chi connectivity index (χ1) is 16.9. The number of esters is 1. The number of phenols is 1. The zero-order valence-corrected chi connectivity index (χ0v) is 19.3. The molecule has 0 aromatic heterocycles. The number of aromatic hydroxyl groups is 1. The van der Waals surface area contributed by atoms with Crippen LogP contribution >= 0.6 is 0 Å². The number of phenolic OH excluding ortho intramolecular Hbond substituents is 1. The molecule has 1 unspecified atom stereocenters. The topological polar surface area (TPSA) is 102 Å². The molecule has 0 aliphatic carbocycles. The third-order valence-corrected chi connectivity index (χ3v) is 5.75. The Bertz CT molecular complexity index is 1330. The van der Waals surface area contributed by atoms with Crippen LogP contribution in [0.5, 0.6) is 5.75 Å². The van der Waals surface area contributed by atoms with Gasteiger partial charge in [-0.2, -0.15) is 0 Å². The predicted octanol–water partition coefficient (Wildman–Crippen LogP) is 4.82. The number of nitrogen functional groups attached to an aromatic ring is 1. The molecule has 0 fully saturated rings. The summed E-state index contributed by atoms with van der Waals surface area (Å²) in [5.74, 6) is -1.34. The molecular formula is C29H26N2O4. The molecule has 6 nitrogen and oxygen atoms in total. The molecular weight excluding hydrogens is 440 g/mol. The highest BCUT2D eigenvalue weighted by Crippen LogP contribution is 2.27. The van der Waals surface area contributed by atoms with E-state index >= 15 is 0 Å². The molecule has 0 saturated carbocycles. The summed E-state index contributed by atoms with van der Waals surface area (Å²) in [6.45, 7) is 0. The van der Waals surface area contributed by atoms with E-state index in [1.165, 1.54) is 13.2 Å². The van der Waals surface area contributed by atoms with E-state index in [0.29, 0.717) is 11.3 Å². The summed E-state index contributed by atoms with van der Waals surface area (Å²) in [6, 6.07) is 28.8. The fraction of sp³-hybridized carbons (Fsp3) is 0.103. The molecule has 176 valence electrons. The van der Waals surface area contributed by atoms with Gasteiger partial charge in [-0.3, -0.25) is 4.79 Å². The quantitative estimate of drug-likeness (QED) is 0.268. The summed E-state index contributed by atoms with van der Waals surface area (Å²) in [5, 5.41) is 13.1. The van der Waals surface area contributed by atoms with Gasteiger partial charge in [0.2, 0.25) is 0 Å². The Balaban J connectivity index is 1.54. The van der Waals surface area contributed by atoms with Gasteiger partial charge >= 0.3 is 5.97 Å². The third kappa shape index (κ3) is 5.68. The van der Waals surface area contributed by atoms with Gasteiger partial charge in [-0.05, 0) is 52.1 Å². The van der Waals surface area contributed by atoms with Crippen molar-refractivity contribution in [1.82, 2.24) is 5.32 Å². The van der Waals surface area contributed by atoms with Crippen molar-refractivity contribution in [3.63, 3.8) is 0 Å². The van der Waals surface area contributed by atoms with E-state index < -0.39 is 17.9 Å². The maximum Gasteiger partial charge on any atom is 0.328 e. The van der Waals surface area contributed by atoms with Crippen molar-refractivity contribution < 1.29 is 19.4 Å². The first-order valence-corrected chi connectivity index (χ1v) is 11.2. The molecule has 4 N–H and O–H groups in total. The van der Waals surface area contributed by atoms with E-state index in [9.17, 15) is 14.7 Å². The lowest BCUT2D eigenvalue weighted by atomic mass is 9.99. The van der Waals surface area contributed by atoms with Crippen LogP contribution in [0.4, 0.5) is 5.69 Å². The van der Waals surface area contributed by atoms with Crippen LogP contribution in [0, 0.1) is 0 Å². The SMILES string of the molecule is COC(=O)C(Cc1ccc(-c2ccccc2)cc1)NC(=O)c1cc(-c2cccc(N)c2)ccc1O. The van der Waals surface area contributed by atoms with Crippen molar-refractivity contribution in [2.75, 3.05) is 12.8 Å². The number of carbonyl (C=O) groups is 2. The molecule has 0 spiro atoms. The number of nitrogens with two attached hydrogens (primary N) is 1. The van der Waals surface area contributed by atoms with Crippen molar-refractivity contribution in [3.05, 3.63) is 108 Å². The summed E-state index contributed by atoms with van der Waals surface area (Å²) < 4.78 is 4.92. The zero-order chi connectivity index (χ0) is 24.8. The summed E-state index contributed by atoms with van der Waals surface area (Å²) in [4.78, 5) is 25.5.